The van der Waals surface area contributed by atoms with Crippen LogP contribution in [0.15, 0.2) is 60.8 Å². The Hall–Kier alpha value is -2.11. The number of aliphatic hydroxyl groups is 4. The minimum atomic E-state index is -1.54. The molecule has 1 aliphatic heterocycles. The first kappa shape index (κ1) is 53.9. The van der Waals surface area contributed by atoms with Gasteiger partial charge in [0.15, 0.2) is 6.29 Å². The Morgan fingerprint density at radius 1 is 0.569 bits per heavy atom. The van der Waals surface area contributed by atoms with Gasteiger partial charge in [0.05, 0.1) is 19.8 Å². The van der Waals surface area contributed by atoms with E-state index in [-0.39, 0.29) is 19.2 Å². The van der Waals surface area contributed by atoms with Crippen LogP contribution in [0.25, 0.3) is 0 Å². The smallest absolute Gasteiger partial charge is 0.306 e. The van der Waals surface area contributed by atoms with Crippen molar-refractivity contribution in [3.63, 3.8) is 0 Å². The molecule has 9 heteroatoms. The second-order valence-electron chi connectivity index (χ2n) is 15.8. The van der Waals surface area contributed by atoms with Gasteiger partial charge in [-0.25, -0.2) is 0 Å². The first-order valence-corrected chi connectivity index (χ1v) is 23.4. The summed E-state index contributed by atoms with van der Waals surface area (Å²) >= 11 is 0. The van der Waals surface area contributed by atoms with E-state index in [2.05, 4.69) is 74.6 Å². The third kappa shape index (κ3) is 30.9. The zero-order valence-electron chi connectivity index (χ0n) is 36.8. The molecule has 0 bridgehead atoms. The molecule has 1 fully saturated rings. The predicted molar refractivity (Wildman–Crippen MR) is 238 cm³/mol. The van der Waals surface area contributed by atoms with E-state index in [0.29, 0.717) is 13.0 Å². The normalized spacial score (nSPS) is 20.8. The highest BCUT2D eigenvalue weighted by atomic mass is 16.7. The van der Waals surface area contributed by atoms with Gasteiger partial charge >= 0.3 is 5.97 Å². The van der Waals surface area contributed by atoms with Gasteiger partial charge in [-0.15, -0.1) is 0 Å². The average molecular weight is 819 g/mol. The molecule has 1 heterocycles. The quantitative estimate of drug-likeness (QED) is 0.0272. The van der Waals surface area contributed by atoms with E-state index >= 15 is 0 Å². The highest BCUT2D eigenvalue weighted by Crippen LogP contribution is 2.22. The highest BCUT2D eigenvalue weighted by molar-refractivity contribution is 5.69. The molecule has 6 atom stereocenters. The van der Waals surface area contributed by atoms with Gasteiger partial charge in [0.1, 0.15) is 30.5 Å². The summed E-state index contributed by atoms with van der Waals surface area (Å²) < 4.78 is 22.8. The lowest BCUT2D eigenvalue weighted by Gasteiger charge is -2.39. The maximum Gasteiger partial charge on any atom is 0.306 e. The molecule has 0 amide bonds. The maximum absolute atomic E-state index is 12.8. The van der Waals surface area contributed by atoms with Gasteiger partial charge in [0.25, 0.3) is 0 Å². The number of carbonyl (C=O) groups is 1. The Morgan fingerprint density at radius 3 is 1.59 bits per heavy atom. The number of unbranched alkanes of at least 4 members (excludes halogenated alkanes) is 18. The number of aliphatic hydroxyl groups excluding tert-OH is 4. The lowest BCUT2D eigenvalue weighted by Crippen LogP contribution is -2.59. The van der Waals surface area contributed by atoms with Crippen molar-refractivity contribution < 1.29 is 44.2 Å². The lowest BCUT2D eigenvalue weighted by atomic mass is 9.99. The Kier molecular flexibility index (Phi) is 37.5. The molecule has 0 radical (unpaired) electrons. The zero-order valence-corrected chi connectivity index (χ0v) is 36.8. The first-order chi connectivity index (χ1) is 28.4. The van der Waals surface area contributed by atoms with Gasteiger partial charge in [0, 0.05) is 13.0 Å². The standard InChI is InChI=1S/C49H86O9/c1-3-5-7-9-11-13-15-17-19-21-23-25-27-29-31-33-35-37-39-55-41-43(42-56-49-48(54)47(53)46(52)44(40-50)58-49)57-45(51)38-36-34-32-30-28-26-24-22-20-18-16-14-12-10-8-6-4-2/h5,7,11-14,17-20,43-44,46-50,52-54H,3-4,6,8-10,15-16,21-42H2,1-2H3/b7-5-,13-11-,14-12-,19-17-,20-18-. The summed E-state index contributed by atoms with van der Waals surface area (Å²) in [6.07, 6.45) is 43.8. The van der Waals surface area contributed by atoms with Crippen molar-refractivity contribution in [2.75, 3.05) is 26.4 Å². The third-order valence-electron chi connectivity index (χ3n) is 10.4. The Morgan fingerprint density at radius 2 is 1.05 bits per heavy atom. The minimum absolute atomic E-state index is 0.122. The Bertz CT molecular complexity index is 1070. The summed E-state index contributed by atoms with van der Waals surface area (Å²) in [5.74, 6) is -0.326. The molecule has 1 saturated heterocycles. The summed E-state index contributed by atoms with van der Waals surface area (Å²) in [5.41, 5.74) is 0. The molecule has 6 unspecified atom stereocenters. The van der Waals surface area contributed by atoms with Crippen LogP contribution in [-0.4, -0.2) is 89.6 Å². The largest absolute Gasteiger partial charge is 0.457 e. The third-order valence-corrected chi connectivity index (χ3v) is 10.4. The van der Waals surface area contributed by atoms with Gasteiger partial charge in [-0.3, -0.25) is 4.79 Å². The van der Waals surface area contributed by atoms with E-state index < -0.39 is 43.4 Å². The molecule has 58 heavy (non-hydrogen) atoms. The van der Waals surface area contributed by atoms with Gasteiger partial charge in [-0.05, 0) is 77.0 Å². The van der Waals surface area contributed by atoms with Gasteiger partial charge in [-0.1, -0.05) is 158 Å². The van der Waals surface area contributed by atoms with Crippen molar-refractivity contribution in [3.8, 4) is 0 Å². The fourth-order valence-electron chi connectivity index (χ4n) is 6.77. The Labute approximate surface area is 354 Å². The van der Waals surface area contributed by atoms with Gasteiger partial charge in [-0.2, -0.15) is 0 Å². The molecule has 1 rings (SSSR count). The van der Waals surface area contributed by atoms with Crippen LogP contribution >= 0.6 is 0 Å². The molecule has 0 aliphatic carbocycles. The van der Waals surface area contributed by atoms with Crippen LogP contribution in [0, 0.1) is 0 Å². The monoisotopic (exact) mass is 819 g/mol. The van der Waals surface area contributed by atoms with E-state index in [1.54, 1.807) is 0 Å². The molecule has 4 N–H and O–H groups in total. The summed E-state index contributed by atoms with van der Waals surface area (Å²) in [6, 6.07) is 0. The van der Waals surface area contributed by atoms with Crippen molar-refractivity contribution >= 4 is 5.97 Å². The molecule has 0 aromatic carbocycles. The topological polar surface area (TPSA) is 135 Å². The summed E-state index contributed by atoms with van der Waals surface area (Å²) in [4.78, 5) is 12.8. The molecular weight excluding hydrogens is 733 g/mol. The van der Waals surface area contributed by atoms with Crippen LogP contribution in [0.2, 0.25) is 0 Å². The molecule has 0 saturated carbocycles. The van der Waals surface area contributed by atoms with E-state index in [0.717, 1.165) is 83.5 Å². The summed E-state index contributed by atoms with van der Waals surface area (Å²) in [6.45, 7) is 4.40. The Balaban J connectivity index is 2.26. The van der Waals surface area contributed by atoms with E-state index in [1.165, 1.54) is 77.0 Å². The van der Waals surface area contributed by atoms with Crippen LogP contribution in [0.5, 0.6) is 0 Å². The molecule has 0 aromatic heterocycles. The van der Waals surface area contributed by atoms with E-state index in [1.807, 2.05) is 0 Å². The SMILES string of the molecule is CC/C=C\C/C=C\C/C=C\CCCCCCCCCCOCC(COC1OC(CO)C(O)C(O)C1O)OC(=O)CCCCCCCCC/C=C\C/C=C\CCCCC. The van der Waals surface area contributed by atoms with E-state index in [4.69, 9.17) is 18.9 Å². The fourth-order valence-corrected chi connectivity index (χ4v) is 6.77. The highest BCUT2D eigenvalue weighted by Gasteiger charge is 2.44. The van der Waals surface area contributed by atoms with Crippen LogP contribution < -0.4 is 0 Å². The van der Waals surface area contributed by atoms with Gasteiger partial charge < -0.3 is 39.4 Å². The van der Waals surface area contributed by atoms with Crippen LogP contribution in [0.3, 0.4) is 0 Å². The predicted octanol–water partition coefficient (Wildman–Crippen LogP) is 10.7. The number of allylic oxidation sites excluding steroid dienone is 10. The van der Waals surface area contributed by atoms with Crippen molar-refractivity contribution in [3.05, 3.63) is 60.8 Å². The molecule has 9 nitrogen and oxygen atoms in total. The zero-order chi connectivity index (χ0) is 42.2. The number of hydrogen-bond acceptors (Lipinski definition) is 9. The molecular formula is C49H86O9. The van der Waals surface area contributed by atoms with Crippen LogP contribution in [0.4, 0.5) is 0 Å². The van der Waals surface area contributed by atoms with Gasteiger partial charge in [0.2, 0.25) is 0 Å². The number of carbonyl (C=O) groups excluding carboxylic acids is 1. The number of hydrogen-bond donors (Lipinski definition) is 4. The molecule has 1 aliphatic rings. The van der Waals surface area contributed by atoms with Crippen LogP contribution in [-0.2, 0) is 23.7 Å². The number of ether oxygens (including phenoxy) is 4. The van der Waals surface area contributed by atoms with Crippen LogP contribution in [0.1, 0.15) is 181 Å². The van der Waals surface area contributed by atoms with Crippen molar-refractivity contribution in [2.24, 2.45) is 0 Å². The molecule has 336 valence electrons. The fraction of sp³-hybridized carbons (Fsp3) is 0.776. The summed E-state index contributed by atoms with van der Waals surface area (Å²) in [7, 11) is 0. The molecule has 0 aromatic rings. The number of esters is 1. The lowest BCUT2D eigenvalue weighted by molar-refractivity contribution is -0.305. The second kappa shape index (κ2) is 40.3. The average Bonchev–Trinajstić information content (AvgIpc) is 3.22. The molecule has 0 spiro atoms. The maximum atomic E-state index is 12.8. The number of rotatable bonds is 39. The second-order valence-corrected chi connectivity index (χ2v) is 15.8. The van der Waals surface area contributed by atoms with Crippen molar-refractivity contribution in [1.82, 2.24) is 0 Å². The van der Waals surface area contributed by atoms with Crippen molar-refractivity contribution in [2.45, 2.75) is 218 Å². The van der Waals surface area contributed by atoms with E-state index in [9.17, 15) is 25.2 Å². The first-order valence-electron chi connectivity index (χ1n) is 23.4. The summed E-state index contributed by atoms with van der Waals surface area (Å²) in [5, 5.41) is 40.2. The minimum Gasteiger partial charge on any atom is -0.457 e. The van der Waals surface area contributed by atoms with Crippen molar-refractivity contribution in [1.29, 1.82) is 0 Å².